The minimum absolute atomic E-state index is 0.286. The third kappa shape index (κ3) is 4.02. The van der Waals surface area contributed by atoms with E-state index in [1.54, 1.807) is 0 Å². The molecule has 0 saturated heterocycles. The largest absolute Gasteiger partial charge is 0.376 e. The third-order valence-corrected chi connectivity index (χ3v) is 4.18. The molecule has 4 N–H and O–H groups in total. The fraction of sp³-hybridized carbons (Fsp3) is 0.0952. The van der Waals surface area contributed by atoms with Crippen LogP contribution in [0.25, 0.3) is 0 Å². The molecular formula is C21H23N5. The van der Waals surface area contributed by atoms with Crippen molar-refractivity contribution in [2.24, 2.45) is 5.84 Å². The van der Waals surface area contributed by atoms with E-state index in [9.17, 15) is 0 Å². The first kappa shape index (κ1) is 17.5. The standard InChI is InChI=1S/C21H23N5/c1-25(17-10-4-2-5-11-17)20-15-9-8-14-19(20)24-16-21(22)26(23)18-12-6-3-7-13-18/h2-15,22,24H,16,23H2,1H3. The Balaban J connectivity index is 1.72. The molecular weight excluding hydrogens is 322 g/mol. The van der Waals surface area contributed by atoms with Crippen molar-refractivity contribution in [2.45, 2.75) is 0 Å². The molecule has 26 heavy (non-hydrogen) atoms. The van der Waals surface area contributed by atoms with Crippen molar-refractivity contribution >= 4 is 28.6 Å². The quantitative estimate of drug-likeness (QED) is 0.271. The van der Waals surface area contributed by atoms with Crippen LogP contribution in [0.3, 0.4) is 0 Å². The summed E-state index contributed by atoms with van der Waals surface area (Å²) in [6, 6.07) is 27.7. The molecule has 3 rings (SSSR count). The highest BCUT2D eigenvalue weighted by Gasteiger charge is 2.11. The maximum atomic E-state index is 8.25. The van der Waals surface area contributed by atoms with Crippen LogP contribution in [0.1, 0.15) is 0 Å². The van der Waals surface area contributed by atoms with Crippen molar-refractivity contribution in [3.8, 4) is 0 Å². The summed E-state index contributed by atoms with van der Waals surface area (Å²) < 4.78 is 0. The smallest absolute Gasteiger partial charge is 0.135 e. The highest BCUT2D eigenvalue weighted by atomic mass is 15.4. The molecule has 0 amide bonds. The summed E-state index contributed by atoms with van der Waals surface area (Å²) in [6.45, 7) is 0.324. The van der Waals surface area contributed by atoms with E-state index in [0.29, 0.717) is 6.54 Å². The van der Waals surface area contributed by atoms with Gasteiger partial charge in [-0.1, -0.05) is 48.5 Å². The zero-order valence-electron chi connectivity index (χ0n) is 14.8. The summed E-state index contributed by atoms with van der Waals surface area (Å²) in [6.07, 6.45) is 0. The van der Waals surface area contributed by atoms with Crippen LogP contribution in [0.2, 0.25) is 0 Å². The van der Waals surface area contributed by atoms with Gasteiger partial charge >= 0.3 is 0 Å². The number of benzene rings is 3. The van der Waals surface area contributed by atoms with Gasteiger partial charge in [-0.3, -0.25) is 10.4 Å². The Bertz CT molecular complexity index is 849. The second kappa shape index (κ2) is 8.18. The maximum absolute atomic E-state index is 8.25. The van der Waals surface area contributed by atoms with E-state index >= 15 is 0 Å². The molecule has 0 aliphatic heterocycles. The monoisotopic (exact) mass is 345 g/mol. The average molecular weight is 345 g/mol. The molecule has 0 radical (unpaired) electrons. The molecule has 0 atom stereocenters. The molecule has 0 aliphatic carbocycles. The lowest BCUT2D eigenvalue weighted by Gasteiger charge is -2.24. The molecule has 0 bridgehead atoms. The SMILES string of the molecule is CN(c1ccccc1)c1ccccc1NCC(=N)N(N)c1ccccc1. The number of amidine groups is 1. The number of nitrogens with two attached hydrogens (primary N) is 1. The van der Waals surface area contributed by atoms with Crippen molar-refractivity contribution in [2.75, 3.05) is 28.8 Å². The second-order valence-electron chi connectivity index (χ2n) is 5.92. The van der Waals surface area contributed by atoms with Crippen LogP contribution in [-0.2, 0) is 0 Å². The predicted molar refractivity (Wildman–Crippen MR) is 110 cm³/mol. The summed E-state index contributed by atoms with van der Waals surface area (Å²) in [5.74, 6) is 6.34. The van der Waals surface area contributed by atoms with Gasteiger partial charge in [-0.2, -0.15) is 0 Å². The number of para-hydroxylation sites is 4. The van der Waals surface area contributed by atoms with Gasteiger partial charge in [0.2, 0.25) is 0 Å². The van der Waals surface area contributed by atoms with Crippen LogP contribution in [0, 0.1) is 5.41 Å². The Morgan fingerprint density at radius 2 is 1.38 bits per heavy atom. The van der Waals surface area contributed by atoms with E-state index in [0.717, 1.165) is 22.7 Å². The highest BCUT2D eigenvalue weighted by molar-refractivity contribution is 5.97. The van der Waals surface area contributed by atoms with Crippen LogP contribution in [-0.4, -0.2) is 19.4 Å². The molecule has 0 unspecified atom stereocenters. The number of hydrogen-bond donors (Lipinski definition) is 3. The van der Waals surface area contributed by atoms with Crippen molar-refractivity contribution in [1.29, 1.82) is 5.41 Å². The Labute approximate surface area is 154 Å². The van der Waals surface area contributed by atoms with Gasteiger partial charge in [0, 0.05) is 12.7 Å². The fourth-order valence-corrected chi connectivity index (χ4v) is 2.71. The van der Waals surface area contributed by atoms with Gasteiger partial charge in [0.1, 0.15) is 5.84 Å². The van der Waals surface area contributed by atoms with Gasteiger partial charge in [-0.05, 0) is 36.4 Å². The summed E-state index contributed by atoms with van der Waals surface area (Å²) in [4.78, 5) is 2.11. The van der Waals surface area contributed by atoms with Gasteiger partial charge in [0.25, 0.3) is 0 Å². The van der Waals surface area contributed by atoms with Gasteiger partial charge in [0.15, 0.2) is 0 Å². The number of nitrogens with one attached hydrogen (secondary N) is 2. The predicted octanol–water partition coefficient (Wildman–Crippen LogP) is 4.22. The number of nitrogens with zero attached hydrogens (tertiary/aromatic N) is 2. The number of hydrazine groups is 1. The molecule has 0 spiro atoms. The van der Waals surface area contributed by atoms with Gasteiger partial charge in [0.05, 0.1) is 23.6 Å². The Morgan fingerprint density at radius 3 is 2.04 bits per heavy atom. The molecule has 0 heterocycles. The van der Waals surface area contributed by atoms with E-state index in [-0.39, 0.29) is 5.84 Å². The Kier molecular flexibility index (Phi) is 5.51. The minimum atomic E-state index is 0.286. The van der Waals surface area contributed by atoms with Gasteiger partial charge in [-0.25, -0.2) is 5.84 Å². The van der Waals surface area contributed by atoms with E-state index in [4.69, 9.17) is 11.3 Å². The van der Waals surface area contributed by atoms with Crippen molar-refractivity contribution in [3.63, 3.8) is 0 Å². The lowest BCUT2D eigenvalue weighted by atomic mass is 10.2. The minimum Gasteiger partial charge on any atom is -0.376 e. The zero-order chi connectivity index (χ0) is 18.4. The normalized spacial score (nSPS) is 10.2. The summed E-state index contributed by atoms with van der Waals surface area (Å²) >= 11 is 0. The lowest BCUT2D eigenvalue weighted by molar-refractivity contribution is 1.08. The lowest BCUT2D eigenvalue weighted by Crippen LogP contribution is -2.40. The topological polar surface area (TPSA) is 68.4 Å². The first-order valence-electron chi connectivity index (χ1n) is 8.46. The molecule has 5 heteroatoms. The van der Waals surface area contributed by atoms with Crippen LogP contribution >= 0.6 is 0 Å². The van der Waals surface area contributed by atoms with Gasteiger partial charge < -0.3 is 10.2 Å². The van der Waals surface area contributed by atoms with E-state index in [1.807, 2.05) is 73.8 Å². The first-order valence-corrected chi connectivity index (χ1v) is 8.46. The molecule has 3 aromatic carbocycles. The second-order valence-corrected chi connectivity index (χ2v) is 5.92. The van der Waals surface area contributed by atoms with Gasteiger partial charge in [-0.15, -0.1) is 0 Å². The summed E-state index contributed by atoms with van der Waals surface area (Å²) in [7, 11) is 2.03. The molecule has 0 aromatic heterocycles. The molecule has 0 saturated carbocycles. The number of rotatable bonds is 6. The van der Waals surface area contributed by atoms with E-state index in [1.165, 1.54) is 5.01 Å². The molecule has 0 fully saturated rings. The van der Waals surface area contributed by atoms with E-state index in [2.05, 4.69) is 28.4 Å². The van der Waals surface area contributed by atoms with Crippen molar-refractivity contribution < 1.29 is 0 Å². The van der Waals surface area contributed by atoms with Crippen LogP contribution in [0.5, 0.6) is 0 Å². The molecule has 5 nitrogen and oxygen atoms in total. The molecule has 132 valence electrons. The first-order chi connectivity index (χ1) is 12.7. The average Bonchev–Trinajstić information content (AvgIpc) is 2.72. The van der Waals surface area contributed by atoms with Crippen LogP contribution in [0.15, 0.2) is 84.9 Å². The van der Waals surface area contributed by atoms with Crippen LogP contribution in [0.4, 0.5) is 22.7 Å². The molecule has 0 aliphatic rings. The number of hydrogen-bond acceptors (Lipinski definition) is 4. The third-order valence-electron chi connectivity index (χ3n) is 4.18. The summed E-state index contributed by atoms with van der Waals surface area (Å²) in [5, 5.41) is 13.0. The van der Waals surface area contributed by atoms with Crippen molar-refractivity contribution in [3.05, 3.63) is 84.9 Å². The van der Waals surface area contributed by atoms with E-state index < -0.39 is 0 Å². The van der Waals surface area contributed by atoms with Crippen LogP contribution < -0.4 is 21.1 Å². The summed E-state index contributed by atoms with van der Waals surface area (Å²) in [5.41, 5.74) is 3.87. The Morgan fingerprint density at radius 1 is 0.846 bits per heavy atom. The Hall–Kier alpha value is -3.31. The highest BCUT2D eigenvalue weighted by Crippen LogP contribution is 2.30. The maximum Gasteiger partial charge on any atom is 0.135 e. The molecule has 3 aromatic rings. The zero-order valence-corrected chi connectivity index (χ0v) is 14.8. The fourth-order valence-electron chi connectivity index (χ4n) is 2.71. The number of anilines is 4. The van der Waals surface area contributed by atoms with Crippen molar-refractivity contribution in [1.82, 2.24) is 0 Å².